The van der Waals surface area contributed by atoms with Crippen molar-refractivity contribution >= 4 is 35.2 Å². The number of hydrogen-bond donors (Lipinski definition) is 0. The number of benzene rings is 3. The minimum absolute atomic E-state index is 0.0238. The molecule has 2 aliphatic rings. The van der Waals surface area contributed by atoms with Gasteiger partial charge in [0.25, 0.3) is 0 Å². The van der Waals surface area contributed by atoms with Gasteiger partial charge in [-0.1, -0.05) is 106 Å². The molecular formula is C37H40ClNO6. The zero-order chi connectivity index (χ0) is 32.3. The molecule has 3 aromatic carbocycles. The topological polar surface area (TPSA) is 82.1 Å². The fourth-order valence-electron chi connectivity index (χ4n) is 7.09. The Balaban J connectivity index is 1.64. The molecule has 1 fully saturated rings. The summed E-state index contributed by atoms with van der Waals surface area (Å²) in [5, 5.41) is 0.434. The van der Waals surface area contributed by atoms with E-state index in [9.17, 15) is 14.4 Å². The van der Waals surface area contributed by atoms with Crippen LogP contribution in [0.2, 0.25) is 5.02 Å². The largest absolute Gasteiger partial charge is 0.466 e. The molecule has 5 rings (SSSR count). The molecule has 1 heterocycles. The van der Waals surface area contributed by atoms with Crippen molar-refractivity contribution in [3.05, 3.63) is 112 Å². The lowest BCUT2D eigenvalue weighted by molar-refractivity contribution is -0.158. The molecule has 0 radical (unpaired) electrons. The quantitative estimate of drug-likeness (QED) is 0.192. The van der Waals surface area contributed by atoms with Gasteiger partial charge in [-0.2, -0.15) is 0 Å². The third-order valence-electron chi connectivity index (χ3n) is 9.42. The summed E-state index contributed by atoms with van der Waals surface area (Å²) in [4.78, 5) is 43.5. The summed E-state index contributed by atoms with van der Waals surface area (Å²) in [5.41, 5.74) is 2.01. The zero-order valence-corrected chi connectivity index (χ0v) is 27.1. The maximum atomic E-state index is 14.7. The van der Waals surface area contributed by atoms with Crippen molar-refractivity contribution in [2.75, 3.05) is 19.1 Å². The highest BCUT2D eigenvalue weighted by Crippen LogP contribution is 2.48. The van der Waals surface area contributed by atoms with Gasteiger partial charge >= 0.3 is 17.9 Å². The van der Waals surface area contributed by atoms with Gasteiger partial charge in [0.05, 0.1) is 31.4 Å². The number of carbonyl (C=O) groups excluding carboxylic acids is 3. The number of anilines is 1. The van der Waals surface area contributed by atoms with E-state index in [1.54, 1.807) is 29.2 Å². The first-order valence-corrected chi connectivity index (χ1v) is 15.7. The van der Waals surface area contributed by atoms with Gasteiger partial charge in [-0.15, -0.1) is 0 Å². The summed E-state index contributed by atoms with van der Waals surface area (Å²) in [6.07, 6.45) is 2.15. The molecule has 1 aliphatic carbocycles. The van der Waals surface area contributed by atoms with E-state index in [0.29, 0.717) is 28.6 Å². The summed E-state index contributed by atoms with van der Waals surface area (Å²) in [7, 11) is 2.48. The molecule has 0 spiro atoms. The van der Waals surface area contributed by atoms with Crippen molar-refractivity contribution in [3.8, 4) is 0 Å². The van der Waals surface area contributed by atoms with Crippen LogP contribution in [-0.4, -0.2) is 44.3 Å². The van der Waals surface area contributed by atoms with Crippen LogP contribution in [0.1, 0.15) is 57.2 Å². The predicted octanol–water partition coefficient (Wildman–Crippen LogP) is 7.24. The zero-order valence-electron chi connectivity index (χ0n) is 26.4. The Kier molecular flexibility index (Phi) is 9.68. The van der Waals surface area contributed by atoms with E-state index in [1.807, 2.05) is 48.5 Å². The molecule has 0 unspecified atom stereocenters. The number of halogens is 1. The number of hydrogen-bond acceptors (Lipinski definition) is 7. The first-order chi connectivity index (χ1) is 21.6. The van der Waals surface area contributed by atoms with Gasteiger partial charge in [-0.3, -0.25) is 0 Å². The van der Waals surface area contributed by atoms with Crippen molar-refractivity contribution in [2.24, 2.45) is 11.8 Å². The standard InChI is InChI=1S/C37H40ClNO6/c1-23-19-20-28(37(2,3)25-15-10-7-11-16-25)29(21-23)45-36(42)33-31(35(41)44-5)30(34(40)43-4)32(24-13-8-6-9-14-24)39(33)27-18-12-17-26(38)22-27/h6-18,22-23,28-29,32-33H,19-21H2,1-5H3/t23-,28-,29-,32+,33-/m1/s1. The summed E-state index contributed by atoms with van der Waals surface area (Å²) in [6.45, 7) is 6.55. The highest BCUT2D eigenvalue weighted by atomic mass is 35.5. The van der Waals surface area contributed by atoms with Gasteiger partial charge in [-0.25, -0.2) is 14.4 Å². The van der Waals surface area contributed by atoms with Crippen LogP contribution in [0, 0.1) is 11.8 Å². The molecule has 236 valence electrons. The fourth-order valence-corrected chi connectivity index (χ4v) is 7.28. The first kappa shape index (κ1) is 32.3. The number of esters is 3. The Hall–Kier alpha value is -4.10. The van der Waals surface area contributed by atoms with E-state index in [-0.39, 0.29) is 22.5 Å². The molecule has 1 saturated carbocycles. The summed E-state index contributed by atoms with van der Waals surface area (Å²) >= 11 is 6.46. The Morgan fingerprint density at radius 1 is 0.822 bits per heavy atom. The van der Waals surface area contributed by atoms with E-state index < -0.39 is 36.1 Å². The SMILES string of the molecule is COC(=O)C1=C(C(=O)OC)[C@H](c2ccccc2)N(c2cccc(Cl)c2)[C@H]1C(=O)O[C@@H]1C[C@H](C)CC[C@H]1C(C)(C)c1ccccc1. The van der Waals surface area contributed by atoms with Crippen molar-refractivity contribution < 1.29 is 28.6 Å². The third kappa shape index (κ3) is 6.36. The van der Waals surface area contributed by atoms with Gasteiger partial charge in [0, 0.05) is 16.6 Å². The second kappa shape index (κ2) is 13.5. The molecule has 0 N–H and O–H groups in total. The number of rotatable bonds is 8. The van der Waals surface area contributed by atoms with Crippen LogP contribution in [0.5, 0.6) is 0 Å². The van der Waals surface area contributed by atoms with E-state index in [4.69, 9.17) is 25.8 Å². The van der Waals surface area contributed by atoms with E-state index in [1.165, 1.54) is 19.8 Å². The second-order valence-corrected chi connectivity index (χ2v) is 12.9. The van der Waals surface area contributed by atoms with E-state index in [2.05, 4.69) is 32.9 Å². The van der Waals surface area contributed by atoms with Crippen molar-refractivity contribution in [1.82, 2.24) is 0 Å². The number of methoxy groups -OCH3 is 2. The maximum Gasteiger partial charge on any atom is 0.337 e. The van der Waals surface area contributed by atoms with Gasteiger partial charge in [-0.05, 0) is 53.5 Å². The molecule has 45 heavy (non-hydrogen) atoms. The Bertz CT molecular complexity index is 1570. The molecule has 0 saturated heterocycles. The van der Waals surface area contributed by atoms with Gasteiger partial charge in [0.1, 0.15) is 6.10 Å². The molecule has 0 amide bonds. The highest BCUT2D eigenvalue weighted by molar-refractivity contribution is 6.30. The van der Waals surface area contributed by atoms with Gasteiger partial charge in [0.15, 0.2) is 6.04 Å². The smallest absolute Gasteiger partial charge is 0.337 e. The number of nitrogens with zero attached hydrogens (tertiary/aromatic N) is 1. The number of carbonyl (C=O) groups is 3. The fraction of sp³-hybridized carbons (Fsp3) is 0.378. The molecule has 8 heteroatoms. The predicted molar refractivity (Wildman–Crippen MR) is 174 cm³/mol. The third-order valence-corrected chi connectivity index (χ3v) is 9.65. The monoisotopic (exact) mass is 629 g/mol. The molecule has 1 aliphatic heterocycles. The van der Waals surface area contributed by atoms with Crippen LogP contribution >= 0.6 is 11.6 Å². The lowest BCUT2D eigenvalue weighted by Gasteiger charge is -2.44. The Morgan fingerprint density at radius 3 is 2.07 bits per heavy atom. The van der Waals surface area contributed by atoms with Crippen LogP contribution in [-0.2, 0) is 34.0 Å². The lowest BCUT2D eigenvalue weighted by Crippen LogP contribution is -2.48. The molecular weight excluding hydrogens is 590 g/mol. The van der Waals surface area contributed by atoms with E-state index in [0.717, 1.165) is 12.8 Å². The first-order valence-electron chi connectivity index (χ1n) is 15.3. The van der Waals surface area contributed by atoms with Crippen LogP contribution < -0.4 is 4.90 Å². The molecule has 0 bridgehead atoms. The summed E-state index contributed by atoms with van der Waals surface area (Å²) in [6, 6.07) is 24.3. The van der Waals surface area contributed by atoms with Crippen LogP contribution in [0.3, 0.4) is 0 Å². The second-order valence-electron chi connectivity index (χ2n) is 12.5. The average molecular weight is 630 g/mol. The van der Waals surface area contributed by atoms with Crippen LogP contribution in [0.25, 0.3) is 0 Å². The van der Waals surface area contributed by atoms with Crippen LogP contribution in [0.4, 0.5) is 5.69 Å². The summed E-state index contributed by atoms with van der Waals surface area (Å²) in [5.74, 6) is -1.81. The van der Waals surface area contributed by atoms with Gasteiger partial charge in [0.2, 0.25) is 0 Å². The molecule has 3 aromatic rings. The molecule has 0 aromatic heterocycles. The normalized spacial score (nSPS) is 23.4. The van der Waals surface area contributed by atoms with Crippen molar-refractivity contribution in [1.29, 1.82) is 0 Å². The molecule has 5 atom stereocenters. The van der Waals surface area contributed by atoms with Crippen molar-refractivity contribution in [2.45, 2.75) is 63.6 Å². The Labute approximate surface area is 270 Å². The highest BCUT2D eigenvalue weighted by Gasteiger charge is 2.53. The van der Waals surface area contributed by atoms with E-state index >= 15 is 0 Å². The Morgan fingerprint density at radius 2 is 1.44 bits per heavy atom. The van der Waals surface area contributed by atoms with Crippen LogP contribution in [0.15, 0.2) is 96.1 Å². The van der Waals surface area contributed by atoms with Crippen molar-refractivity contribution in [3.63, 3.8) is 0 Å². The minimum Gasteiger partial charge on any atom is -0.466 e. The molecule has 7 nitrogen and oxygen atoms in total. The summed E-state index contributed by atoms with van der Waals surface area (Å²) < 4.78 is 16.9. The number of ether oxygens (including phenoxy) is 3. The lowest BCUT2D eigenvalue weighted by atomic mass is 9.64. The minimum atomic E-state index is -1.30. The average Bonchev–Trinajstić information content (AvgIpc) is 3.41. The maximum absolute atomic E-state index is 14.7. The van der Waals surface area contributed by atoms with Gasteiger partial charge < -0.3 is 19.1 Å².